The second-order valence-corrected chi connectivity index (χ2v) is 12.0. The lowest BCUT2D eigenvalue weighted by Gasteiger charge is -2.15. The lowest BCUT2D eigenvalue weighted by molar-refractivity contribution is 1.19. The standard InChI is InChI=1S/C45H27N3/c1-2-12-32-24-34(23-22-30(32)10-1)33-15-7-18-37(25-33)44-43(29-47-45(48-44)41-21-9-14-31-11-3-5-19-39(31)41)36-17-8-16-35(26-36)42-28-46-27-38-13-4-6-20-40(38)42/h2-9,11-29H. The molecular weight excluding hydrogens is 583 g/mol. The van der Waals surface area contributed by atoms with Gasteiger partial charge in [-0.05, 0) is 80.2 Å². The molecule has 3 heteroatoms. The van der Waals surface area contributed by atoms with Gasteiger partial charge < -0.3 is 0 Å². The molecular formula is C45H27N3. The van der Waals surface area contributed by atoms with Crippen molar-refractivity contribution >= 4 is 32.3 Å². The molecule has 0 bridgehead atoms. The number of aromatic nitrogens is 3. The monoisotopic (exact) mass is 609 g/mol. The van der Waals surface area contributed by atoms with Crippen LogP contribution in [-0.4, -0.2) is 15.0 Å². The van der Waals surface area contributed by atoms with Crippen LogP contribution in [0.2, 0.25) is 0 Å². The van der Waals surface area contributed by atoms with Crippen molar-refractivity contribution in [1.29, 1.82) is 0 Å². The Labute approximate surface area is 278 Å². The number of pyridine rings is 1. The molecule has 0 aliphatic rings. The Hall–Kier alpha value is -6.63. The Morgan fingerprint density at radius 2 is 1.12 bits per heavy atom. The van der Waals surface area contributed by atoms with Crippen molar-refractivity contribution < 1.29 is 0 Å². The fourth-order valence-electron chi connectivity index (χ4n) is 6.66. The highest BCUT2D eigenvalue weighted by atomic mass is 14.9. The third-order valence-corrected chi connectivity index (χ3v) is 9.05. The van der Waals surface area contributed by atoms with Crippen molar-refractivity contribution in [3.05, 3.63) is 176 Å². The summed E-state index contributed by atoms with van der Waals surface area (Å²) < 4.78 is 0. The summed E-state index contributed by atoms with van der Waals surface area (Å²) >= 11 is 0. The van der Waals surface area contributed by atoms with Gasteiger partial charge in [-0.15, -0.1) is 0 Å². The maximum Gasteiger partial charge on any atom is 0.160 e. The molecule has 222 valence electrons. The lowest BCUT2D eigenvalue weighted by Crippen LogP contribution is -1.97. The van der Waals surface area contributed by atoms with Crippen molar-refractivity contribution in [3.8, 4) is 56.0 Å². The predicted octanol–water partition coefficient (Wildman–Crippen LogP) is 11.3. The molecule has 0 amide bonds. The Bertz CT molecular complexity index is 2630. The topological polar surface area (TPSA) is 38.7 Å². The summed E-state index contributed by atoms with van der Waals surface area (Å²) in [6.45, 7) is 0. The Balaban J connectivity index is 1.23. The van der Waals surface area contributed by atoms with Crippen LogP contribution in [-0.2, 0) is 0 Å². The van der Waals surface area contributed by atoms with E-state index in [-0.39, 0.29) is 0 Å². The van der Waals surface area contributed by atoms with E-state index in [0.29, 0.717) is 5.82 Å². The molecule has 3 nitrogen and oxygen atoms in total. The maximum absolute atomic E-state index is 5.34. The highest BCUT2D eigenvalue weighted by Gasteiger charge is 2.16. The molecule has 0 saturated heterocycles. The number of fused-ring (bicyclic) bond motifs is 3. The first-order valence-corrected chi connectivity index (χ1v) is 16.0. The highest BCUT2D eigenvalue weighted by Crippen LogP contribution is 2.38. The minimum atomic E-state index is 0.697. The van der Waals surface area contributed by atoms with Gasteiger partial charge in [0.25, 0.3) is 0 Å². The molecule has 7 aromatic carbocycles. The first-order valence-electron chi connectivity index (χ1n) is 16.0. The van der Waals surface area contributed by atoms with Crippen LogP contribution < -0.4 is 0 Å². The molecule has 0 saturated carbocycles. The van der Waals surface area contributed by atoms with Gasteiger partial charge in [0.15, 0.2) is 5.82 Å². The summed E-state index contributed by atoms with van der Waals surface area (Å²) in [6.07, 6.45) is 5.85. The smallest absolute Gasteiger partial charge is 0.160 e. The van der Waals surface area contributed by atoms with Crippen LogP contribution in [0.5, 0.6) is 0 Å². The minimum absolute atomic E-state index is 0.697. The second-order valence-electron chi connectivity index (χ2n) is 12.0. The quantitative estimate of drug-likeness (QED) is 0.195. The molecule has 48 heavy (non-hydrogen) atoms. The van der Waals surface area contributed by atoms with Gasteiger partial charge in [0, 0.05) is 51.6 Å². The van der Waals surface area contributed by atoms with E-state index in [1.165, 1.54) is 5.39 Å². The van der Waals surface area contributed by atoms with Gasteiger partial charge in [0.05, 0.1) is 5.69 Å². The summed E-state index contributed by atoms with van der Waals surface area (Å²) in [5, 5.41) is 6.77. The van der Waals surface area contributed by atoms with Crippen molar-refractivity contribution in [2.24, 2.45) is 0 Å². The van der Waals surface area contributed by atoms with Gasteiger partial charge in [-0.1, -0.05) is 121 Å². The van der Waals surface area contributed by atoms with E-state index in [1.807, 2.05) is 24.7 Å². The van der Waals surface area contributed by atoms with Gasteiger partial charge in [0.2, 0.25) is 0 Å². The summed E-state index contributed by atoms with van der Waals surface area (Å²) in [4.78, 5) is 14.9. The lowest BCUT2D eigenvalue weighted by atomic mass is 9.94. The van der Waals surface area contributed by atoms with Gasteiger partial charge in [-0.25, -0.2) is 9.97 Å². The fraction of sp³-hybridized carbons (Fsp3) is 0. The first kappa shape index (κ1) is 27.7. The average Bonchev–Trinajstić information content (AvgIpc) is 3.17. The first-order chi connectivity index (χ1) is 23.8. The molecule has 0 aliphatic heterocycles. The molecule has 0 radical (unpaired) electrons. The molecule has 0 spiro atoms. The van der Waals surface area contributed by atoms with Crippen LogP contribution in [0, 0.1) is 12.1 Å². The molecule has 2 heterocycles. The molecule has 9 rings (SSSR count). The van der Waals surface area contributed by atoms with E-state index in [4.69, 9.17) is 9.97 Å². The average molecular weight is 610 g/mol. The van der Waals surface area contributed by atoms with E-state index in [1.54, 1.807) is 0 Å². The maximum atomic E-state index is 5.34. The zero-order valence-electron chi connectivity index (χ0n) is 25.9. The van der Waals surface area contributed by atoms with Crippen LogP contribution in [0.4, 0.5) is 0 Å². The van der Waals surface area contributed by atoms with E-state index in [9.17, 15) is 0 Å². The Morgan fingerprint density at radius 3 is 2.02 bits per heavy atom. The third kappa shape index (κ3) is 4.94. The number of nitrogens with zero attached hydrogens (tertiary/aromatic N) is 3. The van der Waals surface area contributed by atoms with Crippen LogP contribution in [0.1, 0.15) is 0 Å². The van der Waals surface area contributed by atoms with Gasteiger partial charge in [-0.3, -0.25) is 4.98 Å². The normalized spacial score (nSPS) is 11.2. The van der Waals surface area contributed by atoms with Gasteiger partial charge in [-0.2, -0.15) is 0 Å². The van der Waals surface area contributed by atoms with Crippen LogP contribution in [0.15, 0.2) is 164 Å². The highest BCUT2D eigenvalue weighted by molar-refractivity contribution is 5.98. The summed E-state index contributed by atoms with van der Waals surface area (Å²) in [5.41, 5.74) is 9.38. The Kier molecular flexibility index (Phi) is 6.70. The van der Waals surface area contributed by atoms with Crippen LogP contribution >= 0.6 is 0 Å². The van der Waals surface area contributed by atoms with Gasteiger partial charge in [0.1, 0.15) is 0 Å². The number of rotatable bonds is 5. The van der Waals surface area contributed by atoms with Crippen molar-refractivity contribution in [1.82, 2.24) is 15.0 Å². The molecule has 0 fully saturated rings. The summed E-state index contributed by atoms with van der Waals surface area (Å²) in [6, 6.07) is 57.1. The van der Waals surface area contributed by atoms with E-state index in [0.717, 1.165) is 77.1 Å². The third-order valence-electron chi connectivity index (χ3n) is 9.05. The van der Waals surface area contributed by atoms with Crippen molar-refractivity contribution in [2.45, 2.75) is 0 Å². The summed E-state index contributed by atoms with van der Waals surface area (Å²) in [5.74, 6) is 0.697. The molecule has 9 aromatic rings. The Morgan fingerprint density at radius 1 is 0.438 bits per heavy atom. The predicted molar refractivity (Wildman–Crippen MR) is 197 cm³/mol. The largest absolute Gasteiger partial charge is 0.263 e. The molecule has 0 unspecified atom stereocenters. The zero-order chi connectivity index (χ0) is 31.9. The number of hydrogen-bond acceptors (Lipinski definition) is 3. The molecule has 0 aliphatic carbocycles. The van der Waals surface area contributed by atoms with Crippen LogP contribution in [0.25, 0.3) is 88.3 Å². The minimum Gasteiger partial charge on any atom is -0.263 e. The number of hydrogen-bond donors (Lipinski definition) is 0. The summed E-state index contributed by atoms with van der Waals surface area (Å²) in [7, 11) is 0. The van der Waals surface area contributed by atoms with E-state index < -0.39 is 0 Å². The van der Waals surface area contributed by atoms with Crippen molar-refractivity contribution in [3.63, 3.8) is 0 Å². The second kappa shape index (κ2) is 11.6. The van der Waals surface area contributed by atoms with E-state index >= 15 is 0 Å². The SMILES string of the molecule is c1ccc2cc(-c3cccc(-c4nc(-c5cccc6ccccc56)ncc4-c4cccc(-c5cncc6ccccc56)c4)c3)ccc2c#1. The zero-order valence-corrected chi connectivity index (χ0v) is 25.9. The van der Waals surface area contributed by atoms with E-state index in [2.05, 4.69) is 157 Å². The fourth-order valence-corrected chi connectivity index (χ4v) is 6.66. The number of benzene rings is 6. The molecule has 0 N–H and O–H groups in total. The molecule has 0 atom stereocenters. The van der Waals surface area contributed by atoms with Gasteiger partial charge >= 0.3 is 0 Å². The molecule has 2 aromatic heterocycles. The van der Waals surface area contributed by atoms with Crippen molar-refractivity contribution in [2.75, 3.05) is 0 Å². The van der Waals surface area contributed by atoms with Crippen LogP contribution in [0.3, 0.4) is 0 Å².